The molecular formula is C16H10F2O2. The van der Waals surface area contributed by atoms with Gasteiger partial charge in [-0.15, -0.1) is 0 Å². The van der Waals surface area contributed by atoms with Crippen molar-refractivity contribution in [2.45, 2.75) is 0 Å². The van der Waals surface area contributed by atoms with Gasteiger partial charge in [-0.3, -0.25) is 0 Å². The maximum absolute atomic E-state index is 13.0. The van der Waals surface area contributed by atoms with Gasteiger partial charge in [0.25, 0.3) is 0 Å². The number of ether oxygens (including phenoxy) is 2. The quantitative estimate of drug-likeness (QED) is 0.811. The molecular weight excluding hydrogens is 262 g/mol. The van der Waals surface area contributed by atoms with E-state index in [2.05, 4.69) is 0 Å². The lowest BCUT2D eigenvalue weighted by Crippen LogP contribution is -2.00. The monoisotopic (exact) mass is 272 g/mol. The molecule has 2 nitrogen and oxygen atoms in total. The molecule has 0 aliphatic carbocycles. The Balaban J connectivity index is 2.07. The number of benzene rings is 2. The lowest BCUT2D eigenvalue weighted by molar-refractivity contribution is 0.335. The molecule has 0 saturated heterocycles. The van der Waals surface area contributed by atoms with Gasteiger partial charge in [-0.25, -0.2) is 8.78 Å². The van der Waals surface area contributed by atoms with Crippen LogP contribution in [-0.4, -0.2) is 0 Å². The highest BCUT2D eigenvalue weighted by atomic mass is 19.1. The van der Waals surface area contributed by atoms with Gasteiger partial charge < -0.3 is 9.47 Å². The summed E-state index contributed by atoms with van der Waals surface area (Å²) in [7, 11) is 0. The molecule has 1 aliphatic heterocycles. The number of rotatable bonds is 2. The molecule has 0 amide bonds. The fourth-order valence-corrected chi connectivity index (χ4v) is 1.90. The fourth-order valence-electron chi connectivity index (χ4n) is 1.90. The molecule has 0 saturated carbocycles. The van der Waals surface area contributed by atoms with Crippen molar-refractivity contribution in [1.82, 2.24) is 0 Å². The Hall–Kier alpha value is -2.62. The largest absolute Gasteiger partial charge is 0.457 e. The first kappa shape index (κ1) is 12.4. The maximum atomic E-state index is 13.0. The van der Waals surface area contributed by atoms with E-state index in [-0.39, 0.29) is 11.6 Å². The molecule has 0 atom stereocenters. The van der Waals surface area contributed by atoms with Crippen LogP contribution in [0.3, 0.4) is 0 Å². The van der Waals surface area contributed by atoms with Crippen LogP contribution in [-0.2, 0) is 9.47 Å². The van der Waals surface area contributed by atoms with E-state index >= 15 is 0 Å². The number of hydrogen-bond acceptors (Lipinski definition) is 2. The van der Waals surface area contributed by atoms with Gasteiger partial charge in [0, 0.05) is 11.1 Å². The molecule has 4 heteroatoms. The van der Waals surface area contributed by atoms with E-state index in [4.69, 9.17) is 9.47 Å². The molecule has 3 rings (SSSR count). The van der Waals surface area contributed by atoms with Crippen LogP contribution in [0, 0.1) is 11.6 Å². The van der Waals surface area contributed by atoms with Gasteiger partial charge in [0.05, 0.1) is 0 Å². The van der Waals surface area contributed by atoms with Crippen molar-refractivity contribution >= 4 is 11.5 Å². The molecule has 0 spiro atoms. The minimum absolute atomic E-state index is 0.329. The molecule has 0 radical (unpaired) electrons. The van der Waals surface area contributed by atoms with Gasteiger partial charge in [0.2, 0.25) is 0 Å². The van der Waals surface area contributed by atoms with E-state index in [0.717, 1.165) is 0 Å². The van der Waals surface area contributed by atoms with E-state index in [1.54, 1.807) is 24.3 Å². The van der Waals surface area contributed by atoms with Crippen LogP contribution in [0.1, 0.15) is 11.1 Å². The fraction of sp³-hybridized carbons (Fsp3) is 0. The van der Waals surface area contributed by atoms with E-state index < -0.39 is 0 Å². The zero-order valence-corrected chi connectivity index (χ0v) is 10.3. The third kappa shape index (κ3) is 2.40. The van der Waals surface area contributed by atoms with Crippen LogP contribution in [0.15, 0.2) is 61.1 Å². The summed E-state index contributed by atoms with van der Waals surface area (Å²) in [5.41, 5.74) is 1.35. The zero-order chi connectivity index (χ0) is 13.9. The average molecular weight is 272 g/mol. The topological polar surface area (TPSA) is 18.5 Å². The predicted octanol–water partition coefficient (Wildman–Crippen LogP) is 4.31. The molecule has 1 heterocycles. The van der Waals surface area contributed by atoms with E-state index in [0.29, 0.717) is 22.6 Å². The van der Waals surface area contributed by atoms with Crippen molar-refractivity contribution in [3.05, 3.63) is 83.8 Å². The summed E-state index contributed by atoms with van der Waals surface area (Å²) in [4.78, 5) is 0. The van der Waals surface area contributed by atoms with Gasteiger partial charge in [-0.2, -0.15) is 0 Å². The molecule has 1 aliphatic rings. The molecule has 0 N–H and O–H groups in total. The molecule has 2 aromatic carbocycles. The first-order valence-corrected chi connectivity index (χ1v) is 5.98. The van der Waals surface area contributed by atoms with E-state index in [1.807, 2.05) is 0 Å². The normalized spacial score (nSPS) is 13.9. The van der Waals surface area contributed by atoms with Crippen LogP contribution >= 0.6 is 0 Å². The summed E-state index contributed by atoms with van der Waals surface area (Å²) in [6, 6.07) is 11.7. The van der Waals surface area contributed by atoms with Crippen molar-refractivity contribution in [2.24, 2.45) is 0 Å². The third-order valence-electron chi connectivity index (χ3n) is 2.85. The second-order valence-corrected chi connectivity index (χ2v) is 4.18. The van der Waals surface area contributed by atoms with Crippen LogP contribution in [0.5, 0.6) is 0 Å². The maximum Gasteiger partial charge on any atom is 0.176 e. The van der Waals surface area contributed by atoms with Crippen molar-refractivity contribution < 1.29 is 18.3 Å². The molecule has 20 heavy (non-hydrogen) atoms. The molecule has 0 bridgehead atoms. The average Bonchev–Trinajstić information content (AvgIpc) is 2.49. The third-order valence-corrected chi connectivity index (χ3v) is 2.85. The van der Waals surface area contributed by atoms with Gasteiger partial charge in [-0.05, 0) is 48.5 Å². The van der Waals surface area contributed by atoms with Crippen molar-refractivity contribution in [1.29, 1.82) is 0 Å². The van der Waals surface area contributed by atoms with Crippen molar-refractivity contribution in [3.8, 4) is 0 Å². The highest BCUT2D eigenvalue weighted by Crippen LogP contribution is 2.31. The molecule has 0 unspecified atom stereocenters. The molecule has 100 valence electrons. The smallest absolute Gasteiger partial charge is 0.176 e. The number of halogens is 2. The minimum atomic E-state index is -0.329. The zero-order valence-electron chi connectivity index (χ0n) is 10.3. The summed E-state index contributed by atoms with van der Waals surface area (Å²) in [5, 5.41) is 0. The molecule has 0 fully saturated rings. The summed E-state index contributed by atoms with van der Waals surface area (Å²) in [5.74, 6) is 0.258. The first-order valence-electron chi connectivity index (χ1n) is 5.98. The van der Waals surface area contributed by atoms with Gasteiger partial charge in [-0.1, -0.05) is 0 Å². The summed E-state index contributed by atoms with van der Waals surface area (Å²) >= 11 is 0. The highest BCUT2D eigenvalue weighted by Gasteiger charge is 2.17. The lowest BCUT2D eigenvalue weighted by Gasteiger charge is -2.17. The van der Waals surface area contributed by atoms with Crippen LogP contribution < -0.4 is 0 Å². The Morgan fingerprint density at radius 1 is 0.550 bits per heavy atom. The van der Waals surface area contributed by atoms with Crippen molar-refractivity contribution in [2.75, 3.05) is 0 Å². The predicted molar refractivity (Wildman–Crippen MR) is 70.9 cm³/mol. The molecule has 0 aromatic heterocycles. The van der Waals surface area contributed by atoms with Crippen LogP contribution in [0.4, 0.5) is 8.78 Å². The minimum Gasteiger partial charge on any atom is -0.457 e. The SMILES string of the molecule is Fc1ccc(C2=C(c3ccc(F)cc3)OC=CO2)cc1. The van der Waals surface area contributed by atoms with Gasteiger partial charge in [0.1, 0.15) is 24.2 Å². The highest BCUT2D eigenvalue weighted by molar-refractivity contribution is 5.85. The summed E-state index contributed by atoms with van der Waals surface area (Å²) in [6.45, 7) is 0. The second kappa shape index (κ2) is 5.17. The van der Waals surface area contributed by atoms with Crippen LogP contribution in [0.25, 0.3) is 11.5 Å². The Morgan fingerprint density at radius 2 is 0.900 bits per heavy atom. The summed E-state index contributed by atoms with van der Waals surface area (Å²) < 4.78 is 36.9. The number of hydrogen-bond donors (Lipinski definition) is 0. The first-order chi connectivity index (χ1) is 9.74. The van der Waals surface area contributed by atoms with E-state index in [9.17, 15) is 8.78 Å². The molecule has 2 aromatic rings. The standard InChI is InChI=1S/C16H10F2O2/c17-13-5-1-11(2-6-13)15-16(20-10-9-19-15)12-3-7-14(18)8-4-12/h1-10H. The Morgan fingerprint density at radius 3 is 1.25 bits per heavy atom. The second-order valence-electron chi connectivity index (χ2n) is 4.18. The van der Waals surface area contributed by atoms with Gasteiger partial charge >= 0.3 is 0 Å². The Labute approximate surface area is 114 Å². The van der Waals surface area contributed by atoms with Gasteiger partial charge in [0.15, 0.2) is 11.5 Å². The van der Waals surface area contributed by atoms with E-state index in [1.165, 1.54) is 36.8 Å². The Bertz CT molecular complexity index is 611. The summed E-state index contributed by atoms with van der Waals surface area (Å²) in [6.07, 6.45) is 2.79. The van der Waals surface area contributed by atoms with Crippen molar-refractivity contribution in [3.63, 3.8) is 0 Å². The van der Waals surface area contributed by atoms with Crippen LogP contribution in [0.2, 0.25) is 0 Å². The lowest BCUT2D eigenvalue weighted by atomic mass is 10.1. The Kier molecular flexibility index (Phi) is 3.21.